The van der Waals surface area contributed by atoms with Crippen LogP contribution in [0.15, 0.2) is 47.4 Å². The first-order valence-electron chi connectivity index (χ1n) is 8.98. The second kappa shape index (κ2) is 6.52. The van der Waals surface area contributed by atoms with Crippen LogP contribution in [0.3, 0.4) is 0 Å². The summed E-state index contributed by atoms with van der Waals surface area (Å²) in [7, 11) is -3.57. The highest BCUT2D eigenvalue weighted by Gasteiger charge is 2.29. The number of aryl methyl sites for hydroxylation is 2. The van der Waals surface area contributed by atoms with Gasteiger partial charge in [0.25, 0.3) is 5.91 Å². The van der Waals surface area contributed by atoms with Crippen LogP contribution in [-0.4, -0.2) is 26.9 Å². The number of hydrogen-bond acceptors (Lipinski definition) is 3. The van der Waals surface area contributed by atoms with Gasteiger partial charge in [-0.1, -0.05) is 23.8 Å². The zero-order valence-electron chi connectivity index (χ0n) is 14.7. The molecule has 1 N–H and O–H groups in total. The van der Waals surface area contributed by atoms with Gasteiger partial charge in [0.15, 0.2) is 0 Å². The molecule has 6 heteroatoms. The summed E-state index contributed by atoms with van der Waals surface area (Å²) in [6, 6.07) is 12.5. The van der Waals surface area contributed by atoms with E-state index in [1.54, 1.807) is 17.0 Å². The van der Waals surface area contributed by atoms with Crippen molar-refractivity contribution in [3.8, 4) is 0 Å². The average molecular weight is 370 g/mol. The molecule has 2 aromatic carbocycles. The fraction of sp³-hybridized carbons (Fsp3) is 0.350. The van der Waals surface area contributed by atoms with Crippen molar-refractivity contribution in [2.24, 2.45) is 0 Å². The highest BCUT2D eigenvalue weighted by atomic mass is 32.2. The van der Waals surface area contributed by atoms with E-state index >= 15 is 0 Å². The molecule has 5 nitrogen and oxygen atoms in total. The lowest BCUT2D eigenvalue weighted by molar-refractivity contribution is 0.0985. The Labute approximate surface area is 154 Å². The Kier molecular flexibility index (Phi) is 4.32. The molecule has 2 aromatic rings. The Balaban J connectivity index is 1.64. The summed E-state index contributed by atoms with van der Waals surface area (Å²) in [4.78, 5) is 15.0. The Hall–Kier alpha value is -2.18. The van der Waals surface area contributed by atoms with Crippen molar-refractivity contribution in [2.75, 3.05) is 11.4 Å². The molecule has 1 fully saturated rings. The molecule has 2 aliphatic rings. The smallest absolute Gasteiger partial charge is 0.258 e. The molecule has 0 atom stereocenters. The highest BCUT2D eigenvalue weighted by molar-refractivity contribution is 7.89. The van der Waals surface area contributed by atoms with Crippen LogP contribution in [-0.2, 0) is 16.4 Å². The second-order valence-corrected chi connectivity index (χ2v) is 8.83. The van der Waals surface area contributed by atoms with Crippen LogP contribution in [0.5, 0.6) is 0 Å². The Morgan fingerprint density at radius 3 is 2.73 bits per heavy atom. The van der Waals surface area contributed by atoms with Gasteiger partial charge in [0.1, 0.15) is 0 Å². The van der Waals surface area contributed by atoms with E-state index in [-0.39, 0.29) is 16.8 Å². The Morgan fingerprint density at radius 1 is 1.15 bits per heavy atom. The number of rotatable bonds is 4. The van der Waals surface area contributed by atoms with Crippen LogP contribution in [0.4, 0.5) is 5.69 Å². The number of sulfonamides is 1. The van der Waals surface area contributed by atoms with E-state index in [9.17, 15) is 13.2 Å². The number of carbonyl (C=O) groups is 1. The van der Waals surface area contributed by atoms with Gasteiger partial charge in [-0.15, -0.1) is 0 Å². The van der Waals surface area contributed by atoms with Gasteiger partial charge in [-0.05, 0) is 62.4 Å². The molecule has 0 saturated heterocycles. The zero-order chi connectivity index (χ0) is 18.3. The van der Waals surface area contributed by atoms with Crippen molar-refractivity contribution in [3.05, 3.63) is 59.2 Å². The summed E-state index contributed by atoms with van der Waals surface area (Å²) in [5.41, 5.74) is 3.68. The number of carbonyl (C=O) groups excluding carboxylic acids is 1. The maximum Gasteiger partial charge on any atom is 0.258 e. The minimum absolute atomic E-state index is 0.0385. The molecule has 0 aromatic heterocycles. The maximum atomic E-state index is 13.1. The molecule has 4 rings (SSSR count). The van der Waals surface area contributed by atoms with Gasteiger partial charge >= 0.3 is 0 Å². The molecular weight excluding hydrogens is 348 g/mol. The third-order valence-corrected chi connectivity index (χ3v) is 6.41. The van der Waals surface area contributed by atoms with Gasteiger partial charge in [0.05, 0.1) is 4.90 Å². The van der Waals surface area contributed by atoms with Gasteiger partial charge in [0.2, 0.25) is 10.0 Å². The fourth-order valence-corrected chi connectivity index (χ4v) is 4.73. The van der Waals surface area contributed by atoms with Crippen LogP contribution in [0, 0.1) is 6.92 Å². The second-order valence-electron chi connectivity index (χ2n) is 7.12. The van der Waals surface area contributed by atoms with Crippen LogP contribution < -0.4 is 9.62 Å². The summed E-state index contributed by atoms with van der Waals surface area (Å²) in [6.45, 7) is 2.69. The molecule has 1 saturated carbocycles. The lowest BCUT2D eigenvalue weighted by Gasteiger charge is -2.30. The van der Waals surface area contributed by atoms with Gasteiger partial charge in [0, 0.05) is 23.8 Å². The average Bonchev–Trinajstić information content (AvgIpc) is 3.44. The number of fused-ring (bicyclic) bond motifs is 1. The maximum absolute atomic E-state index is 13.1. The number of nitrogens with one attached hydrogen (secondary N) is 1. The predicted octanol–water partition coefficient (Wildman–Crippen LogP) is 3.03. The molecule has 1 aliphatic carbocycles. The van der Waals surface area contributed by atoms with Crippen molar-refractivity contribution in [1.29, 1.82) is 0 Å². The molecule has 0 radical (unpaired) electrons. The number of amides is 1. The standard InChI is InChI=1S/C20H22N2O3S/c1-14-7-10-19-15(12-14)5-3-11-22(19)20(23)16-4-2-6-18(13-16)26(24,25)21-17-8-9-17/h2,4,6-7,10,12-13,17,21H,3,5,8-9,11H2,1H3. The lowest BCUT2D eigenvalue weighted by Crippen LogP contribution is -2.35. The van der Waals surface area contributed by atoms with Crippen molar-refractivity contribution >= 4 is 21.6 Å². The SMILES string of the molecule is Cc1ccc2c(c1)CCCN2C(=O)c1cccc(S(=O)(=O)NC2CC2)c1. The van der Waals surface area contributed by atoms with Crippen LogP contribution in [0.25, 0.3) is 0 Å². The van der Waals surface area contributed by atoms with Crippen LogP contribution in [0.2, 0.25) is 0 Å². The predicted molar refractivity (Wildman–Crippen MR) is 101 cm³/mol. The van der Waals surface area contributed by atoms with E-state index in [1.807, 2.05) is 19.1 Å². The summed E-state index contributed by atoms with van der Waals surface area (Å²) in [5.74, 6) is -0.154. The van der Waals surface area contributed by atoms with Crippen molar-refractivity contribution < 1.29 is 13.2 Å². The normalized spacial score (nSPS) is 17.0. The van der Waals surface area contributed by atoms with E-state index in [0.29, 0.717) is 12.1 Å². The van der Waals surface area contributed by atoms with Crippen molar-refractivity contribution in [2.45, 2.75) is 43.5 Å². The largest absolute Gasteiger partial charge is 0.308 e. The molecule has 1 aliphatic heterocycles. The Bertz CT molecular complexity index is 965. The Morgan fingerprint density at radius 2 is 1.96 bits per heavy atom. The topological polar surface area (TPSA) is 66.5 Å². The molecule has 1 heterocycles. The first-order valence-corrected chi connectivity index (χ1v) is 10.5. The van der Waals surface area contributed by atoms with E-state index in [0.717, 1.165) is 31.4 Å². The highest BCUT2D eigenvalue weighted by Crippen LogP contribution is 2.30. The minimum Gasteiger partial charge on any atom is -0.308 e. The minimum atomic E-state index is -3.57. The third kappa shape index (κ3) is 3.39. The van der Waals surface area contributed by atoms with Gasteiger partial charge in [-0.25, -0.2) is 13.1 Å². The monoisotopic (exact) mass is 370 g/mol. The molecular formula is C20H22N2O3S. The number of benzene rings is 2. The number of hydrogen-bond donors (Lipinski definition) is 1. The van der Waals surface area contributed by atoms with Crippen molar-refractivity contribution in [1.82, 2.24) is 4.72 Å². The van der Waals surface area contributed by atoms with E-state index in [1.165, 1.54) is 23.3 Å². The van der Waals surface area contributed by atoms with Gasteiger partial charge < -0.3 is 4.90 Å². The summed E-state index contributed by atoms with van der Waals surface area (Å²) in [6.07, 6.45) is 3.62. The fourth-order valence-electron chi connectivity index (χ4n) is 3.38. The summed E-state index contributed by atoms with van der Waals surface area (Å²) < 4.78 is 27.5. The molecule has 136 valence electrons. The van der Waals surface area contributed by atoms with E-state index in [4.69, 9.17) is 0 Å². The molecule has 0 unspecified atom stereocenters. The molecule has 26 heavy (non-hydrogen) atoms. The van der Waals surface area contributed by atoms with Gasteiger partial charge in [-0.3, -0.25) is 4.79 Å². The molecule has 0 bridgehead atoms. The molecule has 0 spiro atoms. The summed E-state index contributed by atoms with van der Waals surface area (Å²) in [5, 5.41) is 0. The first-order chi connectivity index (χ1) is 12.4. The zero-order valence-corrected chi connectivity index (χ0v) is 15.6. The van der Waals surface area contributed by atoms with E-state index < -0.39 is 10.0 Å². The first kappa shape index (κ1) is 17.2. The van der Waals surface area contributed by atoms with Gasteiger partial charge in [-0.2, -0.15) is 0 Å². The number of nitrogens with zero attached hydrogens (tertiary/aromatic N) is 1. The lowest BCUT2D eigenvalue weighted by atomic mass is 9.99. The van der Waals surface area contributed by atoms with Crippen LogP contribution >= 0.6 is 0 Å². The molecule has 1 amide bonds. The van der Waals surface area contributed by atoms with Crippen LogP contribution in [0.1, 0.15) is 40.7 Å². The quantitative estimate of drug-likeness (QED) is 0.900. The van der Waals surface area contributed by atoms with Crippen molar-refractivity contribution in [3.63, 3.8) is 0 Å². The number of anilines is 1. The van der Waals surface area contributed by atoms with E-state index in [2.05, 4.69) is 10.8 Å². The summed E-state index contributed by atoms with van der Waals surface area (Å²) >= 11 is 0. The third-order valence-electron chi connectivity index (χ3n) is 4.89.